The number of imidazole rings is 1. The number of aromatic amines is 1. The van der Waals surface area contributed by atoms with Crippen molar-refractivity contribution in [1.82, 2.24) is 19.9 Å². The average molecular weight is 463 g/mol. The van der Waals surface area contributed by atoms with Crippen LogP contribution >= 0.6 is 11.6 Å². The van der Waals surface area contributed by atoms with E-state index >= 15 is 0 Å². The maximum absolute atomic E-state index is 13.4. The van der Waals surface area contributed by atoms with Crippen LogP contribution in [-0.4, -0.2) is 77.0 Å². The summed E-state index contributed by atoms with van der Waals surface area (Å²) in [6.07, 6.45) is 2.23. The minimum atomic E-state index is -0.604. The molecule has 0 spiro atoms. The first-order valence-corrected chi connectivity index (χ1v) is 10.5. The lowest BCUT2D eigenvalue weighted by Crippen LogP contribution is -2.39. The summed E-state index contributed by atoms with van der Waals surface area (Å²) in [5.74, 6) is -0.107. The lowest BCUT2D eigenvalue weighted by molar-refractivity contribution is -0.0956. The summed E-state index contributed by atoms with van der Waals surface area (Å²) >= 11 is 5.80. The van der Waals surface area contributed by atoms with E-state index < -0.39 is 5.82 Å². The molecule has 1 atom stereocenters. The van der Waals surface area contributed by atoms with Gasteiger partial charge in [0.2, 0.25) is 0 Å². The highest BCUT2D eigenvalue weighted by Gasteiger charge is 2.19. The number of nitrogens with one attached hydrogen (secondary N) is 2. The van der Waals surface area contributed by atoms with Crippen LogP contribution in [0.1, 0.15) is 11.4 Å². The van der Waals surface area contributed by atoms with E-state index in [9.17, 15) is 9.60 Å². The molecule has 0 amide bonds. The summed E-state index contributed by atoms with van der Waals surface area (Å²) in [5, 5.41) is 19.4. The van der Waals surface area contributed by atoms with Crippen LogP contribution in [0.5, 0.6) is 0 Å². The summed E-state index contributed by atoms with van der Waals surface area (Å²) in [7, 11) is 2.01. The number of pyridine rings is 1. The summed E-state index contributed by atoms with van der Waals surface area (Å²) in [4.78, 5) is 14.1. The Bertz CT molecular complexity index is 1100. The number of halogens is 2. The Balaban J connectivity index is 1.46. The summed E-state index contributed by atoms with van der Waals surface area (Å²) in [5.41, 5.74) is 1.55. The number of rotatable bonds is 7. The molecule has 1 unspecified atom stereocenters. The van der Waals surface area contributed by atoms with E-state index in [0.29, 0.717) is 48.0 Å². The van der Waals surface area contributed by atoms with E-state index in [1.165, 1.54) is 18.3 Å². The Hall–Kier alpha value is -2.63. The van der Waals surface area contributed by atoms with Crippen molar-refractivity contribution >= 4 is 34.3 Å². The zero-order valence-electron chi connectivity index (χ0n) is 17.5. The molecule has 2 aromatic heterocycles. The lowest BCUT2D eigenvalue weighted by atomic mass is 10.2. The zero-order valence-corrected chi connectivity index (χ0v) is 18.3. The molecular weight excluding hydrogens is 439 g/mol. The smallest absolute Gasteiger partial charge is 0.178 e. The first kappa shape index (κ1) is 22.6. The fourth-order valence-electron chi connectivity index (χ4n) is 3.51. The molecule has 0 saturated carbocycles. The molecule has 170 valence electrons. The number of hydrogen-bond acceptors (Lipinski definition) is 7. The van der Waals surface area contributed by atoms with Crippen molar-refractivity contribution in [2.24, 2.45) is 0 Å². The molecule has 3 heterocycles. The molecule has 0 aliphatic carbocycles. The van der Waals surface area contributed by atoms with Gasteiger partial charge in [0.05, 0.1) is 42.2 Å². The standard InChI is InChI=1S/C21H24ClFN6O3/c1-28(11-14-12-31-8-9-32-14)7-5-18-26-19-15(4-6-25-21(19)27-18)20(24)29(30)13-2-3-17(23)16(22)10-13/h2-4,6,10,14,24,30H,5,7-9,11-12H2,1H3,(H,25,26,27). The van der Waals surface area contributed by atoms with Gasteiger partial charge in [-0.3, -0.25) is 10.6 Å². The highest BCUT2D eigenvalue weighted by Crippen LogP contribution is 2.24. The van der Waals surface area contributed by atoms with E-state index in [1.54, 1.807) is 6.07 Å². The van der Waals surface area contributed by atoms with Crippen LogP contribution in [0.2, 0.25) is 5.02 Å². The first-order chi connectivity index (χ1) is 15.4. The first-order valence-electron chi connectivity index (χ1n) is 10.2. The highest BCUT2D eigenvalue weighted by molar-refractivity contribution is 6.31. The van der Waals surface area contributed by atoms with Gasteiger partial charge < -0.3 is 19.4 Å². The number of amidine groups is 1. The lowest BCUT2D eigenvalue weighted by Gasteiger charge is -2.27. The minimum absolute atomic E-state index is 0.0636. The summed E-state index contributed by atoms with van der Waals surface area (Å²) in [6, 6.07) is 5.32. The summed E-state index contributed by atoms with van der Waals surface area (Å²) in [6.45, 7) is 3.36. The van der Waals surface area contributed by atoms with Crippen molar-refractivity contribution < 1.29 is 19.1 Å². The third kappa shape index (κ3) is 5.05. The molecule has 3 aromatic rings. The zero-order chi connectivity index (χ0) is 22.7. The number of fused-ring (bicyclic) bond motifs is 1. The third-order valence-corrected chi connectivity index (χ3v) is 5.48. The van der Waals surface area contributed by atoms with E-state index in [0.717, 1.165) is 25.0 Å². The summed E-state index contributed by atoms with van der Waals surface area (Å²) < 4.78 is 24.6. The van der Waals surface area contributed by atoms with Gasteiger partial charge in [0.25, 0.3) is 0 Å². The number of benzene rings is 1. The quantitative estimate of drug-likeness (QED) is 0.281. The number of likely N-dealkylation sites (N-methyl/N-ethyl adjacent to an activating group) is 1. The van der Waals surface area contributed by atoms with Crippen molar-refractivity contribution in [2.45, 2.75) is 12.5 Å². The van der Waals surface area contributed by atoms with Crippen LogP contribution in [0, 0.1) is 11.2 Å². The van der Waals surface area contributed by atoms with Crippen LogP contribution in [0.25, 0.3) is 11.2 Å². The number of nitrogens with zero attached hydrogens (tertiary/aromatic N) is 4. The van der Waals surface area contributed by atoms with Crippen LogP contribution in [0.15, 0.2) is 30.5 Å². The minimum Gasteiger partial charge on any atom is -0.376 e. The number of anilines is 1. The third-order valence-electron chi connectivity index (χ3n) is 5.19. The molecule has 1 saturated heterocycles. The molecule has 1 fully saturated rings. The predicted octanol–water partition coefficient (Wildman–Crippen LogP) is 2.86. The van der Waals surface area contributed by atoms with Gasteiger partial charge in [-0.25, -0.2) is 19.4 Å². The van der Waals surface area contributed by atoms with Gasteiger partial charge >= 0.3 is 0 Å². The SMILES string of the molecule is CN(CCc1nc2nccc(C(=N)N(O)c3ccc(F)c(Cl)c3)c2[nH]1)CC1COCCO1. The fraction of sp³-hybridized carbons (Fsp3) is 0.381. The molecule has 9 nitrogen and oxygen atoms in total. The molecule has 11 heteroatoms. The van der Waals surface area contributed by atoms with Crippen LogP contribution in [-0.2, 0) is 15.9 Å². The highest BCUT2D eigenvalue weighted by atomic mass is 35.5. The molecule has 1 aromatic carbocycles. The van der Waals surface area contributed by atoms with Crippen LogP contribution in [0.3, 0.4) is 0 Å². The van der Waals surface area contributed by atoms with Gasteiger partial charge in [-0.1, -0.05) is 11.6 Å². The number of H-pyrrole nitrogens is 1. The Morgan fingerprint density at radius 1 is 1.38 bits per heavy atom. The molecular formula is C21H24ClFN6O3. The molecule has 0 bridgehead atoms. The van der Waals surface area contributed by atoms with Crippen molar-refractivity contribution in [3.05, 3.63) is 52.7 Å². The normalized spacial score (nSPS) is 16.6. The van der Waals surface area contributed by atoms with Gasteiger partial charge in [-0.05, 0) is 31.3 Å². The van der Waals surface area contributed by atoms with Gasteiger partial charge in [0.15, 0.2) is 11.5 Å². The number of ether oxygens (including phenoxy) is 2. The topological polar surface area (TPSA) is 111 Å². The van der Waals surface area contributed by atoms with Gasteiger partial charge in [-0.2, -0.15) is 0 Å². The Labute approximate surface area is 189 Å². The second-order valence-electron chi connectivity index (χ2n) is 7.58. The van der Waals surface area contributed by atoms with E-state index in [2.05, 4.69) is 19.9 Å². The molecule has 1 aliphatic heterocycles. The molecule has 0 radical (unpaired) electrons. The molecule has 32 heavy (non-hydrogen) atoms. The van der Waals surface area contributed by atoms with Gasteiger partial charge in [0, 0.05) is 31.3 Å². The van der Waals surface area contributed by atoms with Crippen LogP contribution < -0.4 is 5.06 Å². The average Bonchev–Trinajstić information content (AvgIpc) is 3.22. The van der Waals surface area contributed by atoms with Gasteiger partial charge in [0.1, 0.15) is 11.6 Å². The Morgan fingerprint density at radius 2 is 2.22 bits per heavy atom. The monoisotopic (exact) mass is 462 g/mol. The number of hydrogen-bond donors (Lipinski definition) is 3. The number of hydroxylamine groups is 1. The van der Waals surface area contributed by atoms with Crippen molar-refractivity contribution in [3.8, 4) is 0 Å². The van der Waals surface area contributed by atoms with Crippen LogP contribution in [0.4, 0.5) is 10.1 Å². The second-order valence-corrected chi connectivity index (χ2v) is 7.99. The van der Waals surface area contributed by atoms with Gasteiger partial charge in [-0.15, -0.1) is 0 Å². The Morgan fingerprint density at radius 3 is 2.97 bits per heavy atom. The van der Waals surface area contributed by atoms with Crippen molar-refractivity contribution in [3.63, 3.8) is 0 Å². The molecule has 3 N–H and O–H groups in total. The maximum atomic E-state index is 13.4. The largest absolute Gasteiger partial charge is 0.376 e. The maximum Gasteiger partial charge on any atom is 0.178 e. The van der Waals surface area contributed by atoms with E-state index in [-0.39, 0.29) is 22.6 Å². The molecule has 1 aliphatic rings. The van der Waals surface area contributed by atoms with E-state index in [1.807, 2.05) is 7.05 Å². The predicted molar refractivity (Wildman–Crippen MR) is 118 cm³/mol. The van der Waals surface area contributed by atoms with E-state index in [4.69, 9.17) is 26.5 Å². The molecule has 4 rings (SSSR count). The number of aromatic nitrogens is 3. The fourth-order valence-corrected chi connectivity index (χ4v) is 3.69. The van der Waals surface area contributed by atoms with Crippen molar-refractivity contribution in [1.29, 1.82) is 5.41 Å². The van der Waals surface area contributed by atoms with Crippen molar-refractivity contribution in [2.75, 3.05) is 45.0 Å². The second kappa shape index (κ2) is 9.88. The Kier molecular flexibility index (Phi) is 6.97.